The highest BCUT2D eigenvalue weighted by atomic mass is 16.6. The second-order valence-electron chi connectivity index (χ2n) is 10.9. The molecule has 1 saturated carbocycles. The van der Waals surface area contributed by atoms with Crippen LogP contribution in [0.25, 0.3) is 0 Å². The molecule has 2 fully saturated rings. The van der Waals surface area contributed by atoms with Gasteiger partial charge in [0, 0.05) is 30.7 Å². The summed E-state index contributed by atoms with van der Waals surface area (Å²) in [5.74, 6) is 1.33. The summed E-state index contributed by atoms with van der Waals surface area (Å²) >= 11 is 0. The van der Waals surface area contributed by atoms with Gasteiger partial charge in [-0.05, 0) is 50.0 Å². The molecule has 2 aromatic carbocycles. The molecule has 6 atom stereocenters. The van der Waals surface area contributed by atoms with Crippen molar-refractivity contribution in [2.75, 3.05) is 27.8 Å². The maximum Gasteiger partial charge on any atom is 0.226 e. The van der Waals surface area contributed by atoms with Crippen LogP contribution in [0.1, 0.15) is 29.5 Å². The van der Waals surface area contributed by atoms with Gasteiger partial charge in [-0.15, -0.1) is 0 Å². The molecule has 2 aromatic rings. The number of ether oxygens (including phenoxy) is 3. The van der Waals surface area contributed by atoms with Crippen molar-refractivity contribution in [3.8, 4) is 11.5 Å². The monoisotopic (exact) mass is 472 g/mol. The van der Waals surface area contributed by atoms with Gasteiger partial charge in [0.05, 0.1) is 18.4 Å². The van der Waals surface area contributed by atoms with E-state index in [0.717, 1.165) is 42.9 Å². The van der Waals surface area contributed by atoms with E-state index in [-0.39, 0.29) is 28.8 Å². The lowest BCUT2D eigenvalue weighted by Gasteiger charge is -2.70. The molecule has 2 heterocycles. The first-order chi connectivity index (χ1) is 17.0. The van der Waals surface area contributed by atoms with Crippen LogP contribution in [-0.4, -0.2) is 56.4 Å². The molecule has 182 valence electrons. The molecule has 6 nitrogen and oxygen atoms in total. The van der Waals surface area contributed by atoms with Crippen molar-refractivity contribution in [3.05, 3.63) is 71.3 Å². The Balaban J connectivity index is 1.37. The normalized spacial score (nSPS) is 37.5. The number of amides is 1. The van der Waals surface area contributed by atoms with Gasteiger partial charge in [0.25, 0.3) is 0 Å². The van der Waals surface area contributed by atoms with E-state index < -0.39 is 5.60 Å². The number of carbonyl (C=O) groups is 1. The van der Waals surface area contributed by atoms with E-state index in [0.29, 0.717) is 12.6 Å². The van der Waals surface area contributed by atoms with Gasteiger partial charge in [0.2, 0.25) is 5.91 Å². The molecule has 4 bridgehead atoms. The van der Waals surface area contributed by atoms with Gasteiger partial charge in [-0.3, -0.25) is 4.79 Å². The minimum absolute atomic E-state index is 0.0346. The molecule has 0 aromatic heterocycles. The van der Waals surface area contributed by atoms with Crippen LogP contribution in [0.4, 0.5) is 0 Å². The molecule has 2 spiro atoms. The van der Waals surface area contributed by atoms with E-state index in [2.05, 4.69) is 35.5 Å². The molecule has 6 aliphatic rings. The van der Waals surface area contributed by atoms with Gasteiger partial charge in [-0.1, -0.05) is 48.6 Å². The number of hydrogen-bond donors (Lipinski definition) is 1. The van der Waals surface area contributed by atoms with E-state index in [1.807, 2.05) is 36.4 Å². The van der Waals surface area contributed by atoms with Crippen molar-refractivity contribution in [1.29, 1.82) is 0 Å². The number of benzene rings is 2. The maximum absolute atomic E-state index is 13.9. The molecule has 4 aliphatic carbocycles. The SMILES string of the molecule is COc1ccc2c3c1O[C@@H]1[C@]34CCN(C)[C@H](C2)[C@]42C=C[C@@]1(OC)C(C(=O)NCc1ccccc1)C2. The van der Waals surface area contributed by atoms with Gasteiger partial charge in [-0.2, -0.15) is 0 Å². The van der Waals surface area contributed by atoms with Gasteiger partial charge >= 0.3 is 0 Å². The first-order valence-electron chi connectivity index (χ1n) is 12.7. The zero-order valence-electron chi connectivity index (χ0n) is 20.5. The topological polar surface area (TPSA) is 60.0 Å². The Morgan fingerprint density at radius 3 is 2.77 bits per heavy atom. The van der Waals surface area contributed by atoms with Gasteiger partial charge < -0.3 is 24.4 Å². The molecule has 1 amide bonds. The second kappa shape index (κ2) is 7.11. The summed E-state index contributed by atoms with van der Waals surface area (Å²) in [6.07, 6.45) is 6.97. The Morgan fingerprint density at radius 1 is 1.17 bits per heavy atom. The van der Waals surface area contributed by atoms with Crippen LogP contribution in [-0.2, 0) is 27.9 Å². The molecule has 0 radical (unpaired) electrons. The summed E-state index contributed by atoms with van der Waals surface area (Å²) in [5.41, 5.74) is 2.50. The van der Waals surface area contributed by atoms with Gasteiger partial charge in [0.15, 0.2) is 11.5 Å². The third-order valence-corrected chi connectivity index (χ3v) is 9.90. The molecule has 1 unspecified atom stereocenters. The zero-order valence-corrected chi connectivity index (χ0v) is 20.5. The number of nitrogens with one attached hydrogen (secondary N) is 1. The largest absolute Gasteiger partial charge is 0.493 e. The third kappa shape index (κ3) is 2.40. The van der Waals surface area contributed by atoms with Crippen molar-refractivity contribution >= 4 is 5.91 Å². The minimum atomic E-state index is -0.832. The van der Waals surface area contributed by atoms with Crippen molar-refractivity contribution in [3.63, 3.8) is 0 Å². The summed E-state index contributed by atoms with van der Waals surface area (Å²) in [6.45, 7) is 1.51. The molecule has 1 saturated heterocycles. The summed E-state index contributed by atoms with van der Waals surface area (Å²) in [5, 5.41) is 3.22. The first-order valence-corrected chi connectivity index (χ1v) is 12.7. The van der Waals surface area contributed by atoms with Crippen LogP contribution in [0.5, 0.6) is 11.5 Å². The van der Waals surface area contributed by atoms with Gasteiger partial charge in [0.1, 0.15) is 11.7 Å². The van der Waals surface area contributed by atoms with E-state index in [4.69, 9.17) is 14.2 Å². The fourth-order valence-electron chi connectivity index (χ4n) is 8.41. The van der Waals surface area contributed by atoms with Crippen LogP contribution in [0.3, 0.4) is 0 Å². The summed E-state index contributed by atoms with van der Waals surface area (Å²) in [4.78, 5) is 16.4. The fourth-order valence-corrected chi connectivity index (χ4v) is 8.41. The number of methoxy groups -OCH3 is 2. The average molecular weight is 473 g/mol. The van der Waals surface area contributed by atoms with Gasteiger partial charge in [-0.25, -0.2) is 0 Å². The summed E-state index contributed by atoms with van der Waals surface area (Å²) < 4.78 is 19.0. The van der Waals surface area contributed by atoms with Crippen LogP contribution in [0, 0.1) is 11.3 Å². The Morgan fingerprint density at radius 2 is 2.00 bits per heavy atom. The number of likely N-dealkylation sites (tertiary alicyclic amines) is 1. The number of piperidine rings is 1. The Labute approximate surface area is 206 Å². The van der Waals surface area contributed by atoms with Crippen molar-refractivity contribution < 1.29 is 19.0 Å². The first kappa shape index (κ1) is 21.5. The number of hydrogen-bond acceptors (Lipinski definition) is 5. The molecule has 35 heavy (non-hydrogen) atoms. The lowest BCUT2D eigenvalue weighted by atomic mass is 9.37. The minimum Gasteiger partial charge on any atom is -0.493 e. The molecular weight excluding hydrogens is 440 g/mol. The smallest absolute Gasteiger partial charge is 0.226 e. The lowest BCUT2D eigenvalue weighted by Crippen LogP contribution is -2.79. The number of fused-ring (bicyclic) bond motifs is 1. The Kier molecular flexibility index (Phi) is 4.36. The number of carbonyl (C=O) groups excluding carboxylic acids is 1. The predicted molar refractivity (Wildman–Crippen MR) is 132 cm³/mol. The highest BCUT2D eigenvalue weighted by molar-refractivity contribution is 5.82. The Bertz CT molecular complexity index is 1240. The lowest BCUT2D eigenvalue weighted by molar-refractivity contribution is -0.213. The molecule has 2 aliphatic heterocycles. The van der Waals surface area contributed by atoms with Crippen molar-refractivity contribution in [2.24, 2.45) is 11.3 Å². The third-order valence-electron chi connectivity index (χ3n) is 9.90. The number of likely N-dealkylation sites (N-methyl/N-ethyl adjacent to an activating group) is 1. The zero-order chi connectivity index (χ0) is 24.0. The second-order valence-corrected chi connectivity index (χ2v) is 10.9. The highest BCUT2D eigenvalue weighted by Gasteiger charge is 2.79. The van der Waals surface area contributed by atoms with E-state index in [9.17, 15) is 4.79 Å². The average Bonchev–Trinajstić information content (AvgIpc) is 3.27. The molecule has 1 N–H and O–H groups in total. The fraction of sp³-hybridized carbons (Fsp3) is 0.483. The van der Waals surface area contributed by atoms with Crippen LogP contribution in [0.15, 0.2) is 54.6 Å². The quantitative estimate of drug-likeness (QED) is 0.677. The number of rotatable bonds is 5. The molecule has 6 heteroatoms. The molecular formula is C29H32N2O4. The maximum atomic E-state index is 13.9. The van der Waals surface area contributed by atoms with E-state index >= 15 is 0 Å². The van der Waals surface area contributed by atoms with E-state index in [1.165, 1.54) is 11.1 Å². The van der Waals surface area contributed by atoms with Crippen LogP contribution in [0.2, 0.25) is 0 Å². The standard InChI is InChI=1S/C29H32N2O4/c1-31-14-13-28-23-19-9-10-21(33-2)24(23)35-26(28)29(34-3)12-11-27(28,22(31)15-19)16-20(29)25(32)30-17-18-7-5-4-6-8-18/h4-12,20,22,26H,13-17H2,1-3H3,(H,30,32)/t20?,22-,26-,27-,28+,29-/m1/s1. The van der Waals surface area contributed by atoms with Crippen molar-refractivity contribution in [2.45, 2.75) is 49.0 Å². The van der Waals surface area contributed by atoms with Crippen molar-refractivity contribution in [1.82, 2.24) is 10.2 Å². The van der Waals surface area contributed by atoms with Crippen LogP contribution < -0.4 is 14.8 Å². The highest BCUT2D eigenvalue weighted by Crippen LogP contribution is 2.74. The number of nitrogens with zero attached hydrogens (tertiary/aromatic N) is 1. The van der Waals surface area contributed by atoms with Crippen LogP contribution >= 0.6 is 0 Å². The summed E-state index contributed by atoms with van der Waals surface area (Å²) in [7, 11) is 5.67. The Hall–Kier alpha value is -2.83. The summed E-state index contributed by atoms with van der Waals surface area (Å²) in [6, 6.07) is 14.6. The predicted octanol–water partition coefficient (Wildman–Crippen LogP) is 3.23. The van der Waals surface area contributed by atoms with E-state index in [1.54, 1.807) is 14.2 Å². The molecule has 8 rings (SSSR count).